The molecule has 0 saturated carbocycles. The van der Waals surface area contributed by atoms with E-state index < -0.39 is 0 Å². The lowest BCUT2D eigenvalue weighted by Crippen LogP contribution is -2.09. The second kappa shape index (κ2) is 10.5. The van der Waals surface area contributed by atoms with E-state index in [1.807, 2.05) is 53.9 Å². The van der Waals surface area contributed by atoms with Crippen molar-refractivity contribution in [1.29, 1.82) is 0 Å². The fraction of sp³-hybridized carbons (Fsp3) is 0.300. The van der Waals surface area contributed by atoms with Crippen molar-refractivity contribution < 1.29 is 0 Å². The lowest BCUT2D eigenvalue weighted by atomic mass is 10.1. The van der Waals surface area contributed by atoms with Gasteiger partial charge in [0.2, 0.25) is 0 Å². The molecule has 22 heavy (non-hydrogen) atoms. The van der Waals surface area contributed by atoms with Gasteiger partial charge in [0.15, 0.2) is 0 Å². The summed E-state index contributed by atoms with van der Waals surface area (Å²) in [6.45, 7) is 15.9. The van der Waals surface area contributed by atoms with Crippen molar-refractivity contribution in [2.75, 3.05) is 19.0 Å². The van der Waals surface area contributed by atoms with Crippen LogP contribution < -0.4 is 10.2 Å². The first-order chi connectivity index (χ1) is 10.5. The Labute approximate surface area is 136 Å². The lowest BCUT2D eigenvalue weighted by molar-refractivity contribution is 1.00. The smallest absolute Gasteiger partial charge is 0.0361 e. The van der Waals surface area contributed by atoms with Gasteiger partial charge in [0, 0.05) is 31.2 Å². The van der Waals surface area contributed by atoms with E-state index in [0.29, 0.717) is 0 Å². The van der Waals surface area contributed by atoms with Crippen molar-refractivity contribution in [1.82, 2.24) is 5.32 Å². The maximum absolute atomic E-state index is 4.12. The van der Waals surface area contributed by atoms with Gasteiger partial charge in [-0.05, 0) is 49.3 Å². The molecule has 1 N–H and O–H groups in total. The highest BCUT2D eigenvalue weighted by molar-refractivity contribution is 5.73. The Morgan fingerprint density at radius 2 is 1.68 bits per heavy atom. The summed E-state index contributed by atoms with van der Waals surface area (Å²) in [4.78, 5) is 2.08. The second-order valence-corrected chi connectivity index (χ2v) is 4.87. The highest BCUT2D eigenvalue weighted by Crippen LogP contribution is 2.19. The van der Waals surface area contributed by atoms with E-state index in [9.17, 15) is 0 Å². The van der Waals surface area contributed by atoms with Crippen LogP contribution >= 0.6 is 0 Å². The molecule has 0 saturated heterocycles. The Balaban J connectivity index is 0.00000211. The normalized spacial score (nSPS) is 11.2. The van der Waals surface area contributed by atoms with Crippen LogP contribution in [0.2, 0.25) is 0 Å². The molecule has 1 aromatic carbocycles. The van der Waals surface area contributed by atoms with Gasteiger partial charge in [-0.3, -0.25) is 0 Å². The number of hydrogen-bond donors (Lipinski definition) is 1. The zero-order chi connectivity index (χ0) is 17.1. The molecule has 0 aliphatic rings. The highest BCUT2D eigenvalue weighted by atomic mass is 15.1. The Bertz CT molecular complexity index is 531. The molecule has 0 aromatic heterocycles. The first-order valence-corrected chi connectivity index (χ1v) is 7.68. The number of hydrogen-bond acceptors (Lipinski definition) is 2. The predicted molar refractivity (Wildman–Crippen MR) is 102 cm³/mol. The van der Waals surface area contributed by atoms with Crippen molar-refractivity contribution in [3.63, 3.8) is 0 Å². The van der Waals surface area contributed by atoms with Gasteiger partial charge in [-0.25, -0.2) is 0 Å². The van der Waals surface area contributed by atoms with Gasteiger partial charge >= 0.3 is 0 Å². The minimum atomic E-state index is 0.986. The van der Waals surface area contributed by atoms with Crippen LogP contribution in [-0.4, -0.2) is 14.1 Å². The van der Waals surface area contributed by atoms with E-state index in [4.69, 9.17) is 0 Å². The third-order valence-corrected chi connectivity index (χ3v) is 3.02. The summed E-state index contributed by atoms with van der Waals surface area (Å²) in [5.74, 6) is 0. The number of rotatable bonds is 6. The highest BCUT2D eigenvalue weighted by Gasteiger charge is 1.99. The molecule has 1 aromatic rings. The number of nitrogens with zero attached hydrogens (tertiary/aromatic N) is 1. The minimum Gasteiger partial charge on any atom is -0.378 e. The van der Waals surface area contributed by atoms with Gasteiger partial charge in [-0.15, -0.1) is 0 Å². The maximum Gasteiger partial charge on any atom is 0.0361 e. The molecule has 1 rings (SSSR count). The first-order valence-electron chi connectivity index (χ1n) is 7.68. The summed E-state index contributed by atoms with van der Waals surface area (Å²) in [5.41, 5.74) is 5.33. The van der Waals surface area contributed by atoms with Gasteiger partial charge in [0.25, 0.3) is 0 Å². The number of anilines is 1. The van der Waals surface area contributed by atoms with Crippen molar-refractivity contribution in [2.45, 2.75) is 27.7 Å². The largest absolute Gasteiger partial charge is 0.378 e. The van der Waals surface area contributed by atoms with Gasteiger partial charge in [0.05, 0.1) is 0 Å². The molecule has 0 fully saturated rings. The average molecular weight is 298 g/mol. The number of nitrogens with one attached hydrogen (secondary N) is 1. The van der Waals surface area contributed by atoms with Gasteiger partial charge in [-0.1, -0.05) is 45.2 Å². The van der Waals surface area contributed by atoms with Crippen LogP contribution in [0, 0.1) is 0 Å². The Morgan fingerprint density at radius 1 is 1.14 bits per heavy atom. The van der Waals surface area contributed by atoms with Crippen LogP contribution in [0.5, 0.6) is 0 Å². The van der Waals surface area contributed by atoms with Crippen LogP contribution in [0.4, 0.5) is 5.69 Å². The standard InChI is InChI=1S/C18H24N2.C2H6/c1-7-17(8-2)19-15(4)13-14(3)16-9-11-18(12-10-16)20(5)6;1-2/h7-13,19H,1,3H2,2,4-6H3;1-2H3/b15-13+,17-8+;. The quantitative estimate of drug-likeness (QED) is 0.710. The van der Waals surface area contributed by atoms with Crippen LogP contribution in [0.1, 0.15) is 33.3 Å². The number of benzene rings is 1. The molecule has 0 bridgehead atoms. The molecule has 120 valence electrons. The van der Waals surface area contributed by atoms with E-state index in [2.05, 4.69) is 47.6 Å². The Morgan fingerprint density at radius 3 is 2.09 bits per heavy atom. The van der Waals surface area contributed by atoms with E-state index in [1.54, 1.807) is 6.08 Å². The molecule has 0 spiro atoms. The number of allylic oxidation sites excluding steroid dienone is 5. The van der Waals surface area contributed by atoms with E-state index >= 15 is 0 Å². The molecule has 0 aliphatic heterocycles. The third-order valence-electron chi connectivity index (χ3n) is 3.02. The molecule has 2 nitrogen and oxygen atoms in total. The van der Waals surface area contributed by atoms with E-state index in [-0.39, 0.29) is 0 Å². The predicted octanol–water partition coefficient (Wildman–Crippen LogP) is 5.38. The van der Waals surface area contributed by atoms with E-state index in [1.165, 1.54) is 5.69 Å². The molecule has 0 amide bonds. The van der Waals surface area contributed by atoms with Crippen molar-refractivity contribution in [2.24, 2.45) is 0 Å². The summed E-state index contributed by atoms with van der Waals surface area (Å²) < 4.78 is 0. The summed E-state index contributed by atoms with van der Waals surface area (Å²) in [6, 6.07) is 8.37. The van der Waals surface area contributed by atoms with Crippen LogP contribution in [0.25, 0.3) is 5.57 Å². The Kier molecular flexibility index (Phi) is 9.44. The molecule has 0 heterocycles. The summed E-state index contributed by atoms with van der Waals surface area (Å²) in [5, 5.41) is 3.28. The van der Waals surface area contributed by atoms with Crippen molar-refractivity contribution >= 4 is 11.3 Å². The molecular weight excluding hydrogens is 268 g/mol. The van der Waals surface area contributed by atoms with Crippen LogP contribution in [0.3, 0.4) is 0 Å². The minimum absolute atomic E-state index is 0.986. The fourth-order valence-electron chi connectivity index (χ4n) is 1.82. The molecule has 0 unspecified atom stereocenters. The van der Waals surface area contributed by atoms with Crippen LogP contribution in [0.15, 0.2) is 67.0 Å². The van der Waals surface area contributed by atoms with Gasteiger partial charge in [0.1, 0.15) is 0 Å². The van der Waals surface area contributed by atoms with Gasteiger partial charge < -0.3 is 10.2 Å². The fourth-order valence-corrected chi connectivity index (χ4v) is 1.82. The first kappa shape index (κ1) is 19.8. The van der Waals surface area contributed by atoms with E-state index in [0.717, 1.165) is 22.5 Å². The van der Waals surface area contributed by atoms with Gasteiger partial charge in [-0.2, -0.15) is 0 Å². The molecular formula is C20H30N2. The lowest BCUT2D eigenvalue weighted by Gasteiger charge is -2.13. The Hall–Kier alpha value is -2.22. The van der Waals surface area contributed by atoms with Crippen LogP contribution in [-0.2, 0) is 0 Å². The molecule has 0 aliphatic carbocycles. The SMILES string of the molecule is C=C/C(=C\C)N/C(C)=C/C(=C)c1ccc(N(C)C)cc1.CC. The molecule has 0 atom stereocenters. The monoisotopic (exact) mass is 298 g/mol. The second-order valence-electron chi connectivity index (χ2n) is 4.87. The average Bonchev–Trinajstić information content (AvgIpc) is 2.54. The molecule has 0 radical (unpaired) electrons. The zero-order valence-corrected chi connectivity index (χ0v) is 14.9. The summed E-state index contributed by atoms with van der Waals surface area (Å²) in [7, 11) is 4.07. The summed E-state index contributed by atoms with van der Waals surface area (Å²) in [6.07, 6.45) is 5.82. The molecule has 2 heteroatoms. The van der Waals surface area contributed by atoms with Crippen molar-refractivity contribution in [3.05, 3.63) is 72.6 Å². The van der Waals surface area contributed by atoms with Crippen molar-refractivity contribution in [3.8, 4) is 0 Å². The summed E-state index contributed by atoms with van der Waals surface area (Å²) >= 11 is 0. The topological polar surface area (TPSA) is 15.3 Å². The zero-order valence-electron chi connectivity index (χ0n) is 14.9. The third kappa shape index (κ3) is 6.49. The maximum atomic E-state index is 4.12.